The van der Waals surface area contributed by atoms with Crippen LogP contribution >= 0.6 is 0 Å². The molecule has 1 saturated carbocycles. The predicted octanol–water partition coefficient (Wildman–Crippen LogP) is 2.49. The van der Waals surface area contributed by atoms with E-state index in [-0.39, 0.29) is 18.4 Å². The molecule has 4 heteroatoms. The second kappa shape index (κ2) is 4.99. The maximum absolute atomic E-state index is 12.1. The number of carbonyl (C=O) groups excluding carboxylic acids is 1. The predicted molar refractivity (Wildman–Crippen MR) is 70.4 cm³/mol. The van der Waals surface area contributed by atoms with Gasteiger partial charge in [0.1, 0.15) is 0 Å². The molecule has 0 amide bonds. The van der Waals surface area contributed by atoms with Crippen LogP contribution in [0.2, 0.25) is 0 Å². The third-order valence-corrected chi connectivity index (χ3v) is 4.86. The minimum absolute atomic E-state index is 0.229. The third kappa shape index (κ3) is 2.17. The number of ether oxygens (including phenoxy) is 1. The van der Waals surface area contributed by atoms with Crippen molar-refractivity contribution in [3.05, 3.63) is 12.2 Å². The van der Waals surface area contributed by atoms with Crippen LogP contribution in [0.4, 0.5) is 0 Å². The van der Waals surface area contributed by atoms with Crippen LogP contribution in [0.5, 0.6) is 0 Å². The van der Waals surface area contributed by atoms with Crippen molar-refractivity contribution < 1.29 is 19.4 Å². The van der Waals surface area contributed by atoms with E-state index in [9.17, 15) is 14.7 Å². The number of hydrogen-bond acceptors (Lipinski definition) is 3. The lowest BCUT2D eigenvalue weighted by atomic mass is 9.74. The largest absolute Gasteiger partial charge is 0.480 e. The molecule has 4 nitrogen and oxygen atoms in total. The highest BCUT2D eigenvalue weighted by molar-refractivity contribution is 5.99. The van der Waals surface area contributed by atoms with Crippen molar-refractivity contribution in [2.24, 2.45) is 29.1 Å². The lowest BCUT2D eigenvalue weighted by Crippen LogP contribution is -2.39. The Morgan fingerprint density at radius 3 is 2.05 bits per heavy atom. The van der Waals surface area contributed by atoms with E-state index in [1.54, 1.807) is 6.92 Å². The molecular weight excluding hydrogens is 244 g/mol. The van der Waals surface area contributed by atoms with Gasteiger partial charge in [0.15, 0.2) is 5.41 Å². The monoisotopic (exact) mass is 266 g/mol. The zero-order valence-corrected chi connectivity index (χ0v) is 11.8. The average Bonchev–Trinajstić information content (AvgIpc) is 2.77. The Morgan fingerprint density at radius 1 is 1.21 bits per heavy atom. The summed E-state index contributed by atoms with van der Waals surface area (Å²) < 4.78 is 5.03. The molecule has 19 heavy (non-hydrogen) atoms. The summed E-state index contributed by atoms with van der Waals surface area (Å²) in [5.41, 5.74) is -1.33. The standard InChI is InChI=1S/C15H22O4/c1-4-19-14(18)15(13(16)17)7-11-9(2)5-6-10(3)12(11)8-15/h5-6,9-12H,4,7-8H2,1-3H3,(H,16,17). The van der Waals surface area contributed by atoms with Crippen LogP contribution in [-0.2, 0) is 14.3 Å². The number of fused-ring (bicyclic) bond motifs is 1. The Kier molecular flexibility index (Phi) is 3.70. The molecule has 0 aromatic rings. The number of carboxylic acid groups (broad SMARTS) is 1. The quantitative estimate of drug-likeness (QED) is 0.484. The molecule has 0 aromatic heterocycles. The first-order valence-electron chi connectivity index (χ1n) is 7.01. The van der Waals surface area contributed by atoms with Crippen LogP contribution < -0.4 is 0 Å². The molecule has 0 aliphatic heterocycles. The zero-order valence-electron chi connectivity index (χ0n) is 11.8. The van der Waals surface area contributed by atoms with Crippen LogP contribution in [0.1, 0.15) is 33.6 Å². The highest BCUT2D eigenvalue weighted by atomic mass is 16.5. The van der Waals surface area contributed by atoms with Gasteiger partial charge >= 0.3 is 11.9 Å². The normalized spacial score (nSPS) is 40.8. The Morgan fingerprint density at radius 2 is 1.68 bits per heavy atom. The van der Waals surface area contributed by atoms with E-state index in [4.69, 9.17) is 4.74 Å². The van der Waals surface area contributed by atoms with E-state index >= 15 is 0 Å². The van der Waals surface area contributed by atoms with Crippen LogP contribution in [0, 0.1) is 29.1 Å². The van der Waals surface area contributed by atoms with Crippen molar-refractivity contribution in [2.45, 2.75) is 33.6 Å². The molecule has 4 atom stereocenters. The number of esters is 1. The molecule has 2 rings (SSSR count). The number of rotatable bonds is 3. The van der Waals surface area contributed by atoms with Crippen molar-refractivity contribution in [3.63, 3.8) is 0 Å². The first kappa shape index (κ1) is 14.1. The number of carboxylic acids is 1. The van der Waals surface area contributed by atoms with Crippen molar-refractivity contribution in [2.75, 3.05) is 6.61 Å². The van der Waals surface area contributed by atoms with Crippen molar-refractivity contribution in [3.8, 4) is 0 Å². The molecule has 0 heterocycles. The van der Waals surface area contributed by atoms with E-state index in [1.165, 1.54) is 0 Å². The van der Waals surface area contributed by atoms with Gasteiger partial charge in [-0.15, -0.1) is 0 Å². The minimum Gasteiger partial charge on any atom is -0.480 e. The Hall–Kier alpha value is -1.32. The Balaban J connectivity index is 2.30. The molecule has 0 spiro atoms. The molecule has 2 aliphatic carbocycles. The summed E-state index contributed by atoms with van der Waals surface area (Å²) in [6.07, 6.45) is 5.10. The van der Waals surface area contributed by atoms with Crippen molar-refractivity contribution in [1.82, 2.24) is 0 Å². The van der Waals surface area contributed by atoms with Crippen molar-refractivity contribution >= 4 is 11.9 Å². The number of hydrogen-bond donors (Lipinski definition) is 1. The maximum atomic E-state index is 12.1. The Labute approximate surface area is 113 Å². The van der Waals surface area contributed by atoms with Crippen LogP contribution in [0.3, 0.4) is 0 Å². The molecule has 0 aromatic carbocycles. The fourth-order valence-electron chi connectivity index (χ4n) is 3.68. The minimum atomic E-state index is -1.33. The van der Waals surface area contributed by atoms with Gasteiger partial charge in [-0.2, -0.15) is 0 Å². The molecule has 0 bridgehead atoms. The van der Waals surface area contributed by atoms with E-state index in [0.717, 1.165) is 0 Å². The van der Waals surface area contributed by atoms with E-state index in [1.807, 2.05) is 0 Å². The second-order valence-electron chi connectivity index (χ2n) is 5.95. The number of allylic oxidation sites excluding steroid dienone is 2. The molecular formula is C15H22O4. The topological polar surface area (TPSA) is 63.6 Å². The lowest BCUT2D eigenvalue weighted by molar-refractivity contribution is -0.168. The summed E-state index contributed by atoms with van der Waals surface area (Å²) >= 11 is 0. The molecule has 4 unspecified atom stereocenters. The molecule has 0 saturated heterocycles. The van der Waals surface area contributed by atoms with Gasteiger partial charge in [0.05, 0.1) is 6.61 Å². The van der Waals surface area contributed by atoms with Gasteiger partial charge in [0.25, 0.3) is 0 Å². The molecule has 1 fully saturated rings. The zero-order chi connectivity index (χ0) is 14.2. The van der Waals surface area contributed by atoms with E-state index < -0.39 is 17.4 Å². The summed E-state index contributed by atoms with van der Waals surface area (Å²) in [6.45, 7) is 6.14. The van der Waals surface area contributed by atoms with Gasteiger partial charge < -0.3 is 9.84 Å². The van der Waals surface area contributed by atoms with Crippen LogP contribution in [0.25, 0.3) is 0 Å². The summed E-state index contributed by atoms with van der Waals surface area (Å²) in [4.78, 5) is 23.8. The average molecular weight is 266 g/mol. The molecule has 0 radical (unpaired) electrons. The maximum Gasteiger partial charge on any atom is 0.323 e. The SMILES string of the molecule is CCOC(=O)C1(C(=O)O)CC2C(C)C=CC(C)C2C1. The van der Waals surface area contributed by atoms with Gasteiger partial charge in [-0.3, -0.25) is 9.59 Å². The second-order valence-corrected chi connectivity index (χ2v) is 5.95. The molecule has 2 aliphatic rings. The molecule has 1 N–H and O–H groups in total. The van der Waals surface area contributed by atoms with Gasteiger partial charge in [-0.25, -0.2) is 0 Å². The summed E-state index contributed by atoms with van der Waals surface area (Å²) in [6, 6.07) is 0. The van der Waals surface area contributed by atoms with Gasteiger partial charge in [0.2, 0.25) is 0 Å². The number of aliphatic carboxylic acids is 1. The van der Waals surface area contributed by atoms with Crippen LogP contribution in [-0.4, -0.2) is 23.7 Å². The fraction of sp³-hybridized carbons (Fsp3) is 0.733. The van der Waals surface area contributed by atoms with Gasteiger partial charge in [-0.1, -0.05) is 26.0 Å². The molecule has 106 valence electrons. The van der Waals surface area contributed by atoms with Crippen molar-refractivity contribution in [1.29, 1.82) is 0 Å². The van der Waals surface area contributed by atoms with E-state index in [2.05, 4.69) is 26.0 Å². The van der Waals surface area contributed by atoms with Gasteiger partial charge in [0, 0.05) is 0 Å². The van der Waals surface area contributed by atoms with E-state index in [0.29, 0.717) is 24.7 Å². The Bertz CT molecular complexity index is 392. The smallest absolute Gasteiger partial charge is 0.323 e. The third-order valence-electron chi connectivity index (χ3n) is 4.86. The summed E-state index contributed by atoms with van der Waals surface area (Å²) in [5.74, 6) is -0.397. The fourth-order valence-corrected chi connectivity index (χ4v) is 3.68. The first-order valence-corrected chi connectivity index (χ1v) is 7.01. The highest BCUT2D eigenvalue weighted by Gasteiger charge is 2.58. The van der Waals surface area contributed by atoms with Gasteiger partial charge in [-0.05, 0) is 43.4 Å². The van der Waals surface area contributed by atoms with Crippen LogP contribution in [0.15, 0.2) is 12.2 Å². The number of carbonyl (C=O) groups is 2. The highest BCUT2D eigenvalue weighted by Crippen LogP contribution is 2.54. The summed E-state index contributed by atoms with van der Waals surface area (Å²) in [7, 11) is 0. The first-order chi connectivity index (χ1) is 8.92. The summed E-state index contributed by atoms with van der Waals surface area (Å²) in [5, 5.41) is 9.56. The lowest BCUT2D eigenvalue weighted by Gasteiger charge is -2.31.